The predicted molar refractivity (Wildman–Crippen MR) is 88.0 cm³/mol. The van der Waals surface area contributed by atoms with E-state index in [0.717, 1.165) is 16.7 Å². The van der Waals surface area contributed by atoms with Crippen LogP contribution in [-0.4, -0.2) is 14.4 Å². The molecule has 0 aromatic heterocycles. The zero-order chi connectivity index (χ0) is 16.2. The minimum Gasteiger partial charge on any atom is -0.369 e. The van der Waals surface area contributed by atoms with Gasteiger partial charge in [-0.2, -0.15) is 0 Å². The van der Waals surface area contributed by atoms with Crippen LogP contribution in [0.15, 0.2) is 58.4 Å². The van der Waals surface area contributed by atoms with E-state index >= 15 is 0 Å². The van der Waals surface area contributed by atoms with Gasteiger partial charge in [-0.25, -0.2) is 18.1 Å². The highest BCUT2D eigenvalue weighted by Gasteiger charge is 2.15. The Morgan fingerprint density at radius 3 is 2.41 bits per heavy atom. The van der Waals surface area contributed by atoms with E-state index in [1.165, 1.54) is 0 Å². The van der Waals surface area contributed by atoms with Gasteiger partial charge in [0.25, 0.3) is 10.0 Å². The third-order valence-electron chi connectivity index (χ3n) is 3.30. The van der Waals surface area contributed by atoms with Crippen molar-refractivity contribution in [3.8, 4) is 0 Å². The first kappa shape index (κ1) is 16.0. The number of aliphatic imine (C=N–C) groups is 1. The lowest BCUT2D eigenvalue weighted by Crippen LogP contribution is -2.36. The van der Waals surface area contributed by atoms with Crippen molar-refractivity contribution >= 4 is 16.0 Å². The summed E-state index contributed by atoms with van der Waals surface area (Å²) in [6.45, 7) is 4.11. The summed E-state index contributed by atoms with van der Waals surface area (Å²) >= 11 is 0. The third-order valence-corrected chi connectivity index (χ3v) is 4.65. The lowest BCUT2D eigenvalue weighted by molar-refractivity contribution is 0.592. The molecule has 0 aliphatic rings. The van der Waals surface area contributed by atoms with Crippen LogP contribution in [0.5, 0.6) is 0 Å². The van der Waals surface area contributed by atoms with E-state index in [4.69, 9.17) is 5.73 Å². The van der Waals surface area contributed by atoms with Gasteiger partial charge >= 0.3 is 0 Å². The average molecular weight is 317 g/mol. The standard InChI is InChI=1S/C16H19N3O2S/c1-12-8-9-15(10-13(12)2)22(20,21)19-16(17)18-11-14-6-4-3-5-7-14/h3-10H,11H2,1-2H3,(H3,17,18,19). The highest BCUT2D eigenvalue weighted by molar-refractivity contribution is 7.90. The second kappa shape index (κ2) is 6.62. The zero-order valence-electron chi connectivity index (χ0n) is 12.6. The number of guanidine groups is 1. The Hall–Kier alpha value is -2.34. The molecular weight excluding hydrogens is 298 g/mol. The molecule has 6 heteroatoms. The van der Waals surface area contributed by atoms with Gasteiger partial charge < -0.3 is 5.73 Å². The number of aryl methyl sites for hydroxylation is 2. The van der Waals surface area contributed by atoms with E-state index in [2.05, 4.69) is 9.71 Å². The SMILES string of the molecule is Cc1ccc(S(=O)(=O)NC(N)=NCc2ccccc2)cc1C. The van der Waals surface area contributed by atoms with Gasteiger partial charge in [0.2, 0.25) is 5.96 Å². The Kier molecular flexibility index (Phi) is 4.82. The molecule has 3 N–H and O–H groups in total. The number of benzene rings is 2. The normalized spacial score (nSPS) is 12.2. The van der Waals surface area contributed by atoms with E-state index in [-0.39, 0.29) is 10.9 Å². The van der Waals surface area contributed by atoms with Crippen molar-refractivity contribution in [3.05, 3.63) is 65.2 Å². The maximum Gasteiger partial charge on any atom is 0.264 e. The van der Waals surface area contributed by atoms with Gasteiger partial charge in [0.15, 0.2) is 0 Å². The molecule has 22 heavy (non-hydrogen) atoms. The molecule has 0 amide bonds. The van der Waals surface area contributed by atoms with Gasteiger partial charge in [-0.1, -0.05) is 36.4 Å². The van der Waals surface area contributed by atoms with Crippen LogP contribution in [-0.2, 0) is 16.6 Å². The molecule has 5 nitrogen and oxygen atoms in total. The zero-order valence-corrected chi connectivity index (χ0v) is 13.4. The highest BCUT2D eigenvalue weighted by atomic mass is 32.2. The number of nitrogens with one attached hydrogen (secondary N) is 1. The third kappa shape index (κ3) is 4.08. The van der Waals surface area contributed by atoms with Gasteiger partial charge in [0, 0.05) is 0 Å². The van der Waals surface area contributed by atoms with Crippen molar-refractivity contribution in [3.63, 3.8) is 0 Å². The molecular formula is C16H19N3O2S. The molecule has 0 aliphatic heterocycles. The van der Waals surface area contributed by atoms with Gasteiger partial charge in [0.1, 0.15) is 0 Å². The molecule has 0 saturated heterocycles. The second-order valence-corrected chi connectivity index (χ2v) is 6.72. The minimum absolute atomic E-state index is 0.123. The van der Waals surface area contributed by atoms with Crippen LogP contribution < -0.4 is 10.5 Å². The van der Waals surface area contributed by atoms with E-state index in [1.807, 2.05) is 44.2 Å². The Balaban J connectivity index is 2.12. The van der Waals surface area contributed by atoms with Crippen molar-refractivity contribution < 1.29 is 8.42 Å². The monoisotopic (exact) mass is 317 g/mol. The molecule has 2 rings (SSSR count). The Morgan fingerprint density at radius 2 is 1.77 bits per heavy atom. The molecule has 2 aromatic carbocycles. The summed E-state index contributed by atoms with van der Waals surface area (Å²) in [6, 6.07) is 14.4. The lowest BCUT2D eigenvalue weighted by Gasteiger charge is -2.09. The fourth-order valence-corrected chi connectivity index (χ4v) is 2.91. The largest absolute Gasteiger partial charge is 0.369 e. The van der Waals surface area contributed by atoms with Crippen molar-refractivity contribution in [1.29, 1.82) is 0 Å². The van der Waals surface area contributed by atoms with E-state index in [1.54, 1.807) is 18.2 Å². The van der Waals surface area contributed by atoms with Gasteiger partial charge in [-0.15, -0.1) is 0 Å². The molecule has 0 radical (unpaired) electrons. The summed E-state index contributed by atoms with van der Waals surface area (Å²) in [7, 11) is -3.71. The number of rotatable bonds is 4. The molecule has 0 bridgehead atoms. The fraction of sp³-hybridized carbons (Fsp3) is 0.188. The predicted octanol–water partition coefficient (Wildman–Crippen LogP) is 2.10. The summed E-state index contributed by atoms with van der Waals surface area (Å²) in [6.07, 6.45) is 0. The summed E-state index contributed by atoms with van der Waals surface area (Å²) in [4.78, 5) is 4.22. The molecule has 0 saturated carbocycles. The van der Waals surface area contributed by atoms with Crippen molar-refractivity contribution in [2.45, 2.75) is 25.3 Å². The number of hydrogen-bond donors (Lipinski definition) is 2. The van der Waals surface area contributed by atoms with Crippen LogP contribution >= 0.6 is 0 Å². The van der Waals surface area contributed by atoms with Crippen molar-refractivity contribution in [2.75, 3.05) is 0 Å². The first-order valence-electron chi connectivity index (χ1n) is 6.82. The van der Waals surface area contributed by atoms with Crippen LogP contribution in [0.3, 0.4) is 0 Å². The number of nitrogens with two attached hydrogens (primary N) is 1. The summed E-state index contributed by atoms with van der Waals surface area (Å²) in [5.41, 5.74) is 8.56. The molecule has 0 aliphatic carbocycles. The molecule has 116 valence electrons. The molecule has 0 unspecified atom stereocenters. The van der Waals surface area contributed by atoms with Crippen LogP contribution in [0.25, 0.3) is 0 Å². The van der Waals surface area contributed by atoms with Gasteiger partial charge in [0.05, 0.1) is 11.4 Å². The van der Waals surface area contributed by atoms with Gasteiger partial charge in [-0.05, 0) is 42.7 Å². The molecule has 0 heterocycles. The van der Waals surface area contributed by atoms with Crippen LogP contribution in [0, 0.1) is 13.8 Å². The van der Waals surface area contributed by atoms with Gasteiger partial charge in [-0.3, -0.25) is 0 Å². The molecule has 0 spiro atoms. The number of hydrogen-bond acceptors (Lipinski definition) is 3. The molecule has 2 aromatic rings. The van der Waals surface area contributed by atoms with Crippen LogP contribution in [0.1, 0.15) is 16.7 Å². The first-order chi connectivity index (χ1) is 10.4. The van der Waals surface area contributed by atoms with Crippen LogP contribution in [0.2, 0.25) is 0 Å². The second-order valence-electron chi connectivity index (χ2n) is 5.04. The fourth-order valence-electron chi connectivity index (χ4n) is 1.87. The minimum atomic E-state index is -3.71. The molecule has 0 atom stereocenters. The summed E-state index contributed by atoms with van der Waals surface area (Å²) < 4.78 is 26.8. The maximum absolute atomic E-state index is 12.2. The number of nitrogens with zero attached hydrogens (tertiary/aromatic N) is 1. The number of sulfonamides is 1. The van der Waals surface area contributed by atoms with E-state index < -0.39 is 10.0 Å². The highest BCUT2D eigenvalue weighted by Crippen LogP contribution is 2.14. The summed E-state index contributed by atoms with van der Waals surface area (Å²) in [5.74, 6) is -0.123. The topological polar surface area (TPSA) is 84.5 Å². The average Bonchev–Trinajstić information content (AvgIpc) is 2.48. The Morgan fingerprint density at radius 1 is 1.09 bits per heavy atom. The van der Waals surface area contributed by atoms with Crippen molar-refractivity contribution in [2.24, 2.45) is 10.7 Å². The first-order valence-corrected chi connectivity index (χ1v) is 8.31. The smallest absolute Gasteiger partial charge is 0.264 e. The Labute approximate surface area is 130 Å². The van der Waals surface area contributed by atoms with E-state index in [0.29, 0.717) is 6.54 Å². The van der Waals surface area contributed by atoms with Crippen molar-refractivity contribution in [1.82, 2.24) is 4.72 Å². The Bertz CT molecular complexity index is 784. The molecule has 0 fully saturated rings. The van der Waals surface area contributed by atoms with E-state index in [9.17, 15) is 8.42 Å². The van der Waals surface area contributed by atoms with Crippen LogP contribution in [0.4, 0.5) is 0 Å². The summed E-state index contributed by atoms with van der Waals surface area (Å²) in [5, 5.41) is 0. The maximum atomic E-state index is 12.2. The quantitative estimate of drug-likeness (QED) is 0.669. The lowest BCUT2D eigenvalue weighted by atomic mass is 10.1.